The topological polar surface area (TPSA) is 38.7 Å². The van der Waals surface area contributed by atoms with E-state index >= 15 is 0 Å². The average molecular weight is 212 g/mol. The van der Waals surface area contributed by atoms with Crippen LogP contribution in [0.15, 0.2) is 29.4 Å². The van der Waals surface area contributed by atoms with Crippen LogP contribution in [-0.4, -0.2) is 12.2 Å². The van der Waals surface area contributed by atoms with Gasteiger partial charge in [-0.2, -0.15) is 0 Å². The van der Waals surface area contributed by atoms with Crippen molar-refractivity contribution in [2.75, 3.05) is 0 Å². The second-order valence-electron chi connectivity index (χ2n) is 2.70. The summed E-state index contributed by atoms with van der Waals surface area (Å²) in [6.07, 6.45) is 2.15. The minimum atomic E-state index is -0.419. The van der Waals surface area contributed by atoms with E-state index in [1.807, 2.05) is 12.1 Å². The van der Waals surface area contributed by atoms with Gasteiger partial charge in [0.05, 0.1) is 0 Å². The lowest BCUT2D eigenvalue weighted by molar-refractivity contribution is -0.140. The molecule has 0 fully saturated rings. The molecule has 1 aromatic carbocycles. The van der Waals surface area contributed by atoms with E-state index in [1.54, 1.807) is 12.1 Å². The van der Waals surface area contributed by atoms with Crippen molar-refractivity contribution in [3.8, 4) is 0 Å². The Morgan fingerprint density at radius 2 is 2.14 bits per heavy atom. The minimum absolute atomic E-state index is 0.419. The molecule has 74 valence electrons. The van der Waals surface area contributed by atoms with Gasteiger partial charge in [0.1, 0.15) is 0 Å². The lowest BCUT2D eigenvalue weighted by Gasteiger charge is -1.95. The fraction of sp³-hybridized carbons (Fsp3) is 0.200. The highest BCUT2D eigenvalue weighted by Crippen LogP contribution is 2.09. The minimum Gasteiger partial charge on any atom is -0.319 e. The van der Waals surface area contributed by atoms with Gasteiger partial charge in [-0.3, -0.25) is 0 Å². The summed E-state index contributed by atoms with van der Waals surface area (Å²) in [5.74, 6) is -0.419. The quantitative estimate of drug-likeness (QED) is 0.438. The first-order chi connectivity index (χ1) is 6.68. The van der Waals surface area contributed by atoms with Gasteiger partial charge >= 0.3 is 5.97 Å². The standard InChI is InChI=1S/C10H10ClNO2/c1-8(13)14-12-7-6-9-2-4-10(11)5-3-9/h2-5,7H,6H2,1H3. The maximum atomic E-state index is 10.3. The molecule has 4 heteroatoms. The molecule has 0 aromatic heterocycles. The molecule has 0 aliphatic rings. The van der Waals surface area contributed by atoms with E-state index in [0.29, 0.717) is 11.4 Å². The van der Waals surface area contributed by atoms with Gasteiger partial charge in [-0.05, 0) is 17.7 Å². The highest BCUT2D eigenvalue weighted by molar-refractivity contribution is 6.30. The Morgan fingerprint density at radius 1 is 1.50 bits per heavy atom. The van der Waals surface area contributed by atoms with E-state index in [0.717, 1.165) is 5.56 Å². The fourth-order valence-corrected chi connectivity index (χ4v) is 1.00. The van der Waals surface area contributed by atoms with Crippen LogP contribution in [0.1, 0.15) is 12.5 Å². The van der Waals surface area contributed by atoms with E-state index in [2.05, 4.69) is 9.99 Å². The zero-order valence-corrected chi connectivity index (χ0v) is 8.49. The van der Waals surface area contributed by atoms with Crippen LogP contribution in [0.3, 0.4) is 0 Å². The van der Waals surface area contributed by atoms with Gasteiger partial charge in [-0.1, -0.05) is 28.9 Å². The molecular formula is C10H10ClNO2. The van der Waals surface area contributed by atoms with Crippen LogP contribution in [0.5, 0.6) is 0 Å². The molecule has 1 rings (SSSR count). The summed E-state index contributed by atoms with van der Waals surface area (Å²) in [5.41, 5.74) is 1.06. The Hall–Kier alpha value is -1.35. The molecule has 0 saturated carbocycles. The molecule has 0 aliphatic heterocycles. The summed E-state index contributed by atoms with van der Waals surface area (Å²) in [6.45, 7) is 1.31. The first-order valence-corrected chi connectivity index (χ1v) is 4.50. The molecule has 0 heterocycles. The van der Waals surface area contributed by atoms with Crippen LogP contribution in [0.25, 0.3) is 0 Å². The van der Waals surface area contributed by atoms with Crippen LogP contribution in [-0.2, 0) is 16.1 Å². The number of carbonyl (C=O) groups excluding carboxylic acids is 1. The highest BCUT2D eigenvalue weighted by Gasteiger charge is 1.91. The first-order valence-electron chi connectivity index (χ1n) is 4.12. The van der Waals surface area contributed by atoms with Gasteiger partial charge in [-0.25, -0.2) is 4.79 Å². The predicted octanol–water partition coefficient (Wildman–Crippen LogP) is 2.43. The van der Waals surface area contributed by atoms with Crippen molar-refractivity contribution in [2.24, 2.45) is 5.16 Å². The maximum Gasteiger partial charge on any atom is 0.331 e. The van der Waals surface area contributed by atoms with Crippen LogP contribution >= 0.6 is 11.6 Å². The lowest BCUT2D eigenvalue weighted by Crippen LogP contribution is -1.92. The highest BCUT2D eigenvalue weighted by atomic mass is 35.5. The molecular weight excluding hydrogens is 202 g/mol. The number of rotatable bonds is 3. The van der Waals surface area contributed by atoms with Gasteiger partial charge in [0.2, 0.25) is 0 Å². The van der Waals surface area contributed by atoms with Gasteiger partial charge in [0.25, 0.3) is 0 Å². The van der Waals surface area contributed by atoms with E-state index in [9.17, 15) is 4.79 Å². The SMILES string of the molecule is CC(=O)ON=CCc1ccc(Cl)cc1. The van der Waals surface area contributed by atoms with E-state index in [1.165, 1.54) is 13.1 Å². The molecule has 0 saturated heterocycles. The average Bonchev–Trinajstić information content (AvgIpc) is 2.15. The van der Waals surface area contributed by atoms with Crippen molar-refractivity contribution < 1.29 is 9.63 Å². The third-order valence-electron chi connectivity index (χ3n) is 1.50. The summed E-state index contributed by atoms with van der Waals surface area (Å²) in [5, 5.41) is 4.18. The third-order valence-corrected chi connectivity index (χ3v) is 1.75. The second kappa shape index (κ2) is 5.40. The molecule has 0 amide bonds. The third kappa shape index (κ3) is 4.05. The predicted molar refractivity (Wildman–Crippen MR) is 55.4 cm³/mol. The molecule has 3 nitrogen and oxygen atoms in total. The second-order valence-corrected chi connectivity index (χ2v) is 3.14. The van der Waals surface area contributed by atoms with Crippen LogP contribution < -0.4 is 0 Å². The van der Waals surface area contributed by atoms with Gasteiger partial charge in [-0.15, -0.1) is 0 Å². The molecule has 0 spiro atoms. The first kappa shape index (κ1) is 10.7. The molecule has 14 heavy (non-hydrogen) atoms. The number of oxime groups is 1. The van der Waals surface area contributed by atoms with E-state index < -0.39 is 5.97 Å². The van der Waals surface area contributed by atoms with Gasteiger partial charge in [0.15, 0.2) is 0 Å². The summed E-state index contributed by atoms with van der Waals surface area (Å²) in [6, 6.07) is 7.39. The zero-order chi connectivity index (χ0) is 10.4. The summed E-state index contributed by atoms with van der Waals surface area (Å²) >= 11 is 5.71. The van der Waals surface area contributed by atoms with Crippen LogP contribution in [0.2, 0.25) is 5.02 Å². The lowest BCUT2D eigenvalue weighted by atomic mass is 10.2. The molecule has 0 bridgehead atoms. The number of hydrogen-bond acceptors (Lipinski definition) is 3. The molecule has 0 aliphatic carbocycles. The monoisotopic (exact) mass is 211 g/mol. The molecule has 0 unspecified atom stereocenters. The number of benzene rings is 1. The van der Waals surface area contributed by atoms with Crippen molar-refractivity contribution in [2.45, 2.75) is 13.3 Å². The van der Waals surface area contributed by atoms with Crippen molar-refractivity contribution >= 4 is 23.8 Å². The summed E-state index contributed by atoms with van der Waals surface area (Å²) in [7, 11) is 0. The number of carbonyl (C=O) groups is 1. The largest absolute Gasteiger partial charge is 0.331 e. The Balaban J connectivity index is 2.42. The Bertz CT molecular complexity index is 332. The van der Waals surface area contributed by atoms with Crippen molar-refractivity contribution in [3.63, 3.8) is 0 Å². The number of nitrogens with zero attached hydrogens (tertiary/aromatic N) is 1. The normalized spacial score (nSPS) is 10.4. The fourth-order valence-electron chi connectivity index (χ4n) is 0.875. The molecule has 1 aromatic rings. The van der Waals surface area contributed by atoms with Crippen molar-refractivity contribution in [1.82, 2.24) is 0 Å². The summed E-state index contributed by atoms with van der Waals surface area (Å²) < 4.78 is 0. The van der Waals surface area contributed by atoms with Crippen LogP contribution in [0, 0.1) is 0 Å². The Kier molecular flexibility index (Phi) is 4.13. The molecule has 0 atom stereocenters. The Labute approximate surface area is 87.3 Å². The van der Waals surface area contributed by atoms with E-state index in [-0.39, 0.29) is 0 Å². The maximum absolute atomic E-state index is 10.3. The van der Waals surface area contributed by atoms with Crippen molar-refractivity contribution in [3.05, 3.63) is 34.9 Å². The molecule has 0 radical (unpaired) electrons. The van der Waals surface area contributed by atoms with E-state index in [4.69, 9.17) is 11.6 Å². The van der Waals surface area contributed by atoms with Gasteiger partial charge < -0.3 is 4.84 Å². The van der Waals surface area contributed by atoms with Crippen LogP contribution in [0.4, 0.5) is 0 Å². The summed E-state index contributed by atoms with van der Waals surface area (Å²) in [4.78, 5) is 14.7. The van der Waals surface area contributed by atoms with Crippen molar-refractivity contribution in [1.29, 1.82) is 0 Å². The number of hydrogen-bond donors (Lipinski definition) is 0. The zero-order valence-electron chi connectivity index (χ0n) is 7.74. The Morgan fingerprint density at radius 3 is 2.71 bits per heavy atom. The molecule has 0 N–H and O–H groups in total. The number of halogens is 1. The smallest absolute Gasteiger partial charge is 0.319 e. The van der Waals surface area contributed by atoms with Gasteiger partial charge in [0, 0.05) is 24.6 Å².